The number of benzene rings is 1. The Bertz CT molecular complexity index is 789. The van der Waals surface area contributed by atoms with Crippen LogP contribution in [0.3, 0.4) is 0 Å². The number of aromatic nitrogens is 3. The Kier molecular flexibility index (Phi) is 3.15. The molecular weight excluding hydrogens is 276 g/mol. The molecule has 5 nitrogen and oxygen atoms in total. The predicted molar refractivity (Wildman–Crippen MR) is 72.7 cm³/mol. The Morgan fingerprint density at radius 1 is 1.05 bits per heavy atom. The molecule has 0 atom stereocenters. The molecule has 0 saturated heterocycles. The van der Waals surface area contributed by atoms with E-state index < -0.39 is 0 Å². The zero-order valence-corrected chi connectivity index (χ0v) is 10.9. The summed E-state index contributed by atoms with van der Waals surface area (Å²) in [6.07, 6.45) is 1.56. The fourth-order valence-corrected chi connectivity index (χ4v) is 1.79. The van der Waals surface area contributed by atoms with Crippen LogP contribution in [0.4, 0.5) is 0 Å². The highest BCUT2D eigenvalue weighted by Crippen LogP contribution is 2.24. The zero-order chi connectivity index (χ0) is 13.9. The molecule has 1 aromatic carbocycles. The van der Waals surface area contributed by atoms with Crippen LogP contribution in [0.2, 0.25) is 5.15 Å². The number of nitrogens with zero attached hydrogens (tertiary/aromatic N) is 4. The first-order valence-corrected chi connectivity index (χ1v) is 6.10. The van der Waals surface area contributed by atoms with E-state index in [1.54, 1.807) is 42.6 Å². The van der Waals surface area contributed by atoms with Crippen LogP contribution in [0.15, 0.2) is 47.0 Å². The minimum absolute atomic E-state index is 0.353. The van der Waals surface area contributed by atoms with Crippen LogP contribution in [0.5, 0.6) is 0 Å². The van der Waals surface area contributed by atoms with Crippen molar-refractivity contribution in [3.8, 4) is 29.0 Å². The minimum Gasteiger partial charge on any atom is -0.416 e. The van der Waals surface area contributed by atoms with E-state index in [1.165, 1.54) is 0 Å². The highest BCUT2D eigenvalue weighted by atomic mass is 35.5. The summed E-state index contributed by atoms with van der Waals surface area (Å²) in [6, 6.07) is 12.4. The molecule has 96 valence electrons. The predicted octanol–water partition coefficient (Wildman–Crippen LogP) is 3.32. The van der Waals surface area contributed by atoms with Gasteiger partial charge in [-0.2, -0.15) is 5.26 Å². The molecule has 0 saturated carbocycles. The number of pyridine rings is 1. The summed E-state index contributed by atoms with van der Waals surface area (Å²) in [5, 5.41) is 17.2. The summed E-state index contributed by atoms with van der Waals surface area (Å²) in [7, 11) is 0. The lowest BCUT2D eigenvalue weighted by atomic mass is 10.1. The monoisotopic (exact) mass is 282 g/mol. The van der Waals surface area contributed by atoms with E-state index >= 15 is 0 Å². The SMILES string of the molecule is N#Cc1cccc(-c2nnc(-c3ccc(Cl)nc3)o2)c1. The fourth-order valence-electron chi connectivity index (χ4n) is 1.68. The molecule has 0 aliphatic heterocycles. The second kappa shape index (κ2) is 5.11. The van der Waals surface area contributed by atoms with Crippen LogP contribution in [-0.2, 0) is 0 Å². The van der Waals surface area contributed by atoms with Crippen LogP contribution in [0.1, 0.15) is 5.56 Å². The average Bonchev–Trinajstić information content (AvgIpc) is 2.98. The van der Waals surface area contributed by atoms with Crippen molar-refractivity contribution in [2.24, 2.45) is 0 Å². The van der Waals surface area contributed by atoms with Gasteiger partial charge in [0.15, 0.2) is 0 Å². The summed E-state index contributed by atoms with van der Waals surface area (Å²) >= 11 is 5.73. The number of hydrogen-bond acceptors (Lipinski definition) is 5. The van der Waals surface area contributed by atoms with Gasteiger partial charge in [-0.15, -0.1) is 10.2 Å². The molecule has 2 aromatic heterocycles. The van der Waals surface area contributed by atoms with Gasteiger partial charge in [-0.05, 0) is 30.3 Å². The smallest absolute Gasteiger partial charge is 0.249 e. The van der Waals surface area contributed by atoms with E-state index in [0.717, 1.165) is 0 Å². The highest BCUT2D eigenvalue weighted by molar-refractivity contribution is 6.29. The summed E-state index contributed by atoms with van der Waals surface area (Å²) in [4.78, 5) is 3.96. The van der Waals surface area contributed by atoms with Crippen molar-refractivity contribution < 1.29 is 4.42 Å². The normalized spacial score (nSPS) is 10.2. The van der Waals surface area contributed by atoms with Gasteiger partial charge < -0.3 is 4.42 Å². The van der Waals surface area contributed by atoms with Gasteiger partial charge in [0, 0.05) is 11.8 Å². The molecule has 0 amide bonds. The lowest BCUT2D eigenvalue weighted by Gasteiger charge is -1.95. The van der Waals surface area contributed by atoms with Crippen molar-refractivity contribution >= 4 is 11.6 Å². The largest absolute Gasteiger partial charge is 0.416 e. The first-order chi connectivity index (χ1) is 9.76. The van der Waals surface area contributed by atoms with Crippen LogP contribution in [-0.4, -0.2) is 15.2 Å². The van der Waals surface area contributed by atoms with Gasteiger partial charge in [0.05, 0.1) is 17.2 Å². The van der Waals surface area contributed by atoms with Crippen LogP contribution >= 0.6 is 11.6 Å². The molecule has 2 heterocycles. The fraction of sp³-hybridized carbons (Fsp3) is 0. The van der Waals surface area contributed by atoms with Crippen molar-refractivity contribution in [1.82, 2.24) is 15.2 Å². The Hall–Kier alpha value is -2.71. The molecule has 0 bridgehead atoms. The molecule has 3 rings (SSSR count). The molecule has 0 fully saturated rings. The second-order valence-electron chi connectivity index (χ2n) is 3.97. The van der Waals surface area contributed by atoms with Gasteiger partial charge in [-0.25, -0.2) is 4.98 Å². The number of rotatable bonds is 2. The Morgan fingerprint density at radius 3 is 2.55 bits per heavy atom. The van der Waals surface area contributed by atoms with Crippen LogP contribution < -0.4 is 0 Å². The Labute approximate surface area is 119 Å². The molecule has 0 unspecified atom stereocenters. The first-order valence-electron chi connectivity index (χ1n) is 5.72. The van der Waals surface area contributed by atoms with Crippen molar-refractivity contribution in [3.05, 3.63) is 53.3 Å². The van der Waals surface area contributed by atoms with E-state index in [1.807, 2.05) is 0 Å². The number of hydrogen-bond donors (Lipinski definition) is 0. The Balaban J connectivity index is 1.97. The topological polar surface area (TPSA) is 75.6 Å². The first kappa shape index (κ1) is 12.3. The molecular formula is C14H7ClN4O. The van der Waals surface area contributed by atoms with Crippen molar-refractivity contribution in [1.29, 1.82) is 5.26 Å². The van der Waals surface area contributed by atoms with Gasteiger partial charge in [0.25, 0.3) is 0 Å². The maximum Gasteiger partial charge on any atom is 0.249 e. The third-order valence-corrected chi connectivity index (χ3v) is 2.86. The van der Waals surface area contributed by atoms with Crippen LogP contribution in [0.25, 0.3) is 22.9 Å². The van der Waals surface area contributed by atoms with Crippen LogP contribution in [0, 0.1) is 11.3 Å². The third-order valence-electron chi connectivity index (χ3n) is 2.64. The lowest BCUT2D eigenvalue weighted by molar-refractivity contribution is 0.584. The van der Waals surface area contributed by atoms with E-state index in [9.17, 15) is 0 Å². The molecule has 0 spiro atoms. The Morgan fingerprint density at radius 2 is 1.85 bits per heavy atom. The number of nitriles is 1. The van der Waals surface area contributed by atoms with E-state index in [0.29, 0.717) is 33.6 Å². The molecule has 0 aliphatic rings. The standard InChI is InChI=1S/C14H7ClN4O/c15-12-5-4-11(8-17-12)14-19-18-13(20-14)10-3-1-2-9(6-10)7-16/h1-6,8H. The molecule has 6 heteroatoms. The molecule has 20 heavy (non-hydrogen) atoms. The van der Waals surface area contributed by atoms with Crippen molar-refractivity contribution in [3.63, 3.8) is 0 Å². The minimum atomic E-state index is 0.353. The van der Waals surface area contributed by atoms with Crippen molar-refractivity contribution in [2.75, 3.05) is 0 Å². The summed E-state index contributed by atoms with van der Waals surface area (Å²) in [5.74, 6) is 0.707. The quantitative estimate of drug-likeness (QED) is 0.674. The third kappa shape index (κ3) is 2.37. The molecule has 0 aliphatic carbocycles. The second-order valence-corrected chi connectivity index (χ2v) is 4.36. The van der Waals surface area contributed by atoms with Gasteiger partial charge in [0.1, 0.15) is 5.15 Å². The molecule has 0 N–H and O–H groups in total. The number of halogens is 1. The highest BCUT2D eigenvalue weighted by Gasteiger charge is 2.11. The van der Waals surface area contributed by atoms with E-state index in [-0.39, 0.29) is 0 Å². The maximum absolute atomic E-state index is 8.88. The van der Waals surface area contributed by atoms with Gasteiger partial charge in [-0.3, -0.25) is 0 Å². The summed E-state index contributed by atoms with van der Waals surface area (Å²) in [6.45, 7) is 0. The van der Waals surface area contributed by atoms with E-state index in [4.69, 9.17) is 21.3 Å². The summed E-state index contributed by atoms with van der Waals surface area (Å²) < 4.78 is 5.58. The van der Waals surface area contributed by atoms with E-state index in [2.05, 4.69) is 21.3 Å². The summed E-state index contributed by atoms with van der Waals surface area (Å²) in [5.41, 5.74) is 1.92. The zero-order valence-electron chi connectivity index (χ0n) is 10.1. The maximum atomic E-state index is 8.88. The average molecular weight is 283 g/mol. The molecule has 0 radical (unpaired) electrons. The van der Waals surface area contributed by atoms with Crippen molar-refractivity contribution in [2.45, 2.75) is 0 Å². The molecule has 3 aromatic rings. The van der Waals surface area contributed by atoms with Gasteiger partial charge >= 0.3 is 0 Å². The van der Waals surface area contributed by atoms with Gasteiger partial charge in [0.2, 0.25) is 11.8 Å². The van der Waals surface area contributed by atoms with Gasteiger partial charge in [-0.1, -0.05) is 17.7 Å². The lowest BCUT2D eigenvalue weighted by Crippen LogP contribution is -1.80.